The zero-order valence-electron chi connectivity index (χ0n) is 17.3. The summed E-state index contributed by atoms with van der Waals surface area (Å²) in [6.45, 7) is 5.75. The summed E-state index contributed by atoms with van der Waals surface area (Å²) in [7, 11) is -2.33. The van der Waals surface area contributed by atoms with E-state index in [1.807, 2.05) is 20.8 Å². The van der Waals surface area contributed by atoms with Gasteiger partial charge in [-0.05, 0) is 61.7 Å². The Kier molecular flexibility index (Phi) is 6.74. The molecule has 1 atom stereocenters. The van der Waals surface area contributed by atoms with Crippen molar-refractivity contribution in [3.8, 4) is 5.75 Å². The molecule has 3 rings (SSSR count). The molecule has 1 heterocycles. The van der Waals surface area contributed by atoms with E-state index >= 15 is 0 Å². The fourth-order valence-electron chi connectivity index (χ4n) is 3.03. The number of aromatic nitrogens is 1. The van der Waals surface area contributed by atoms with Crippen molar-refractivity contribution in [3.05, 3.63) is 47.5 Å². The monoisotopic (exact) mass is 447 g/mol. The van der Waals surface area contributed by atoms with E-state index < -0.39 is 22.0 Å². The van der Waals surface area contributed by atoms with E-state index in [1.54, 1.807) is 43.5 Å². The van der Waals surface area contributed by atoms with E-state index in [-0.39, 0.29) is 10.8 Å². The minimum atomic E-state index is -3.89. The minimum Gasteiger partial charge on any atom is -0.497 e. The molecule has 0 aliphatic rings. The highest BCUT2D eigenvalue weighted by Gasteiger charge is 2.27. The molecule has 0 radical (unpaired) electrons. The first-order valence-electron chi connectivity index (χ1n) is 9.52. The van der Waals surface area contributed by atoms with Crippen LogP contribution in [0.15, 0.2) is 47.4 Å². The van der Waals surface area contributed by atoms with Gasteiger partial charge in [-0.3, -0.25) is 4.79 Å². The molecular weight excluding hydrogens is 422 g/mol. The molecule has 0 spiro atoms. The van der Waals surface area contributed by atoms with Gasteiger partial charge in [-0.1, -0.05) is 13.8 Å². The summed E-state index contributed by atoms with van der Waals surface area (Å²) in [5, 5.41) is 3.64. The number of amides is 1. The zero-order chi connectivity index (χ0) is 21.9. The van der Waals surface area contributed by atoms with Gasteiger partial charge in [0, 0.05) is 5.69 Å². The molecule has 160 valence electrons. The van der Waals surface area contributed by atoms with E-state index in [4.69, 9.17) is 4.74 Å². The number of methoxy groups -OCH3 is 1. The smallest absolute Gasteiger partial charge is 0.242 e. The predicted octanol–water partition coefficient (Wildman–Crippen LogP) is 3.95. The highest BCUT2D eigenvalue weighted by molar-refractivity contribution is 7.89. The van der Waals surface area contributed by atoms with Gasteiger partial charge in [0.1, 0.15) is 11.8 Å². The Hall–Kier alpha value is -2.49. The maximum atomic E-state index is 13.0. The summed E-state index contributed by atoms with van der Waals surface area (Å²) >= 11 is 1.43. The molecule has 3 aromatic rings. The van der Waals surface area contributed by atoms with Gasteiger partial charge in [0.15, 0.2) is 0 Å². The predicted molar refractivity (Wildman–Crippen MR) is 120 cm³/mol. The number of hydrogen-bond donors (Lipinski definition) is 2. The lowest BCUT2D eigenvalue weighted by Crippen LogP contribution is -2.44. The second-order valence-electron chi connectivity index (χ2n) is 7.38. The molecule has 1 amide bonds. The molecule has 2 aromatic carbocycles. The maximum Gasteiger partial charge on any atom is 0.242 e. The average molecular weight is 448 g/mol. The van der Waals surface area contributed by atoms with Gasteiger partial charge in [-0.2, -0.15) is 4.72 Å². The number of aryl methyl sites for hydroxylation is 1. The number of carbonyl (C=O) groups is 1. The van der Waals surface area contributed by atoms with Crippen molar-refractivity contribution in [2.24, 2.45) is 5.92 Å². The Morgan fingerprint density at radius 3 is 2.50 bits per heavy atom. The van der Waals surface area contributed by atoms with Crippen molar-refractivity contribution in [3.63, 3.8) is 0 Å². The van der Waals surface area contributed by atoms with Crippen LogP contribution in [0.3, 0.4) is 0 Å². The van der Waals surface area contributed by atoms with Gasteiger partial charge in [0.25, 0.3) is 0 Å². The summed E-state index contributed by atoms with van der Waals surface area (Å²) in [5.41, 5.74) is 1.32. The van der Waals surface area contributed by atoms with E-state index in [1.165, 1.54) is 17.4 Å². The van der Waals surface area contributed by atoms with Crippen LogP contribution in [-0.2, 0) is 14.8 Å². The topological polar surface area (TPSA) is 97.4 Å². The van der Waals surface area contributed by atoms with Crippen molar-refractivity contribution in [1.29, 1.82) is 0 Å². The molecule has 0 saturated heterocycles. The van der Waals surface area contributed by atoms with Gasteiger partial charge < -0.3 is 10.1 Å². The van der Waals surface area contributed by atoms with Gasteiger partial charge in [0.2, 0.25) is 15.9 Å². The average Bonchev–Trinajstić information content (AvgIpc) is 3.06. The third-order valence-electron chi connectivity index (χ3n) is 4.46. The zero-order valence-corrected chi connectivity index (χ0v) is 18.9. The van der Waals surface area contributed by atoms with Crippen LogP contribution >= 0.6 is 11.3 Å². The Morgan fingerprint density at radius 1 is 1.17 bits per heavy atom. The van der Waals surface area contributed by atoms with Crippen LogP contribution in [0.2, 0.25) is 0 Å². The van der Waals surface area contributed by atoms with E-state index in [0.29, 0.717) is 17.9 Å². The number of hydrogen-bond acceptors (Lipinski definition) is 6. The Bertz CT molecular complexity index is 1140. The van der Waals surface area contributed by atoms with Crippen LogP contribution in [0.4, 0.5) is 5.69 Å². The van der Waals surface area contributed by atoms with Gasteiger partial charge in [-0.25, -0.2) is 13.4 Å². The van der Waals surface area contributed by atoms with Crippen LogP contribution < -0.4 is 14.8 Å². The first kappa shape index (κ1) is 22.2. The highest BCUT2D eigenvalue weighted by Crippen LogP contribution is 2.25. The number of nitrogens with one attached hydrogen (secondary N) is 2. The molecule has 0 aliphatic carbocycles. The fourth-order valence-corrected chi connectivity index (χ4v) is 5.20. The van der Waals surface area contributed by atoms with Crippen molar-refractivity contribution >= 4 is 43.2 Å². The number of carbonyl (C=O) groups excluding carboxylic acids is 1. The van der Waals surface area contributed by atoms with Gasteiger partial charge in [0.05, 0.1) is 27.2 Å². The number of anilines is 1. The standard InChI is InChI=1S/C21H25N3O4S2/c1-13(2)11-19(21(25)23-15-5-7-16(28-4)8-6-15)24-30(26,27)17-9-10-18-20(12-17)29-14(3)22-18/h5-10,12-13,19,24H,11H2,1-4H3,(H,23,25)/t19-/m0/s1. The van der Waals surface area contributed by atoms with Crippen LogP contribution in [0, 0.1) is 12.8 Å². The third-order valence-corrected chi connectivity index (χ3v) is 6.86. The Balaban J connectivity index is 1.81. The molecule has 2 N–H and O–H groups in total. The van der Waals surface area contributed by atoms with Crippen LogP contribution in [0.5, 0.6) is 5.75 Å². The Morgan fingerprint density at radius 2 is 1.87 bits per heavy atom. The Labute approximate surface area is 180 Å². The molecule has 0 unspecified atom stereocenters. The molecule has 0 saturated carbocycles. The molecule has 0 fully saturated rings. The fraction of sp³-hybridized carbons (Fsp3) is 0.333. The SMILES string of the molecule is COc1ccc(NC(=O)[C@H](CC(C)C)NS(=O)(=O)c2ccc3nc(C)sc3c2)cc1. The number of sulfonamides is 1. The summed E-state index contributed by atoms with van der Waals surface area (Å²) in [6.07, 6.45) is 0.364. The molecule has 1 aromatic heterocycles. The van der Waals surface area contributed by atoms with E-state index in [9.17, 15) is 13.2 Å². The number of nitrogens with zero attached hydrogens (tertiary/aromatic N) is 1. The second kappa shape index (κ2) is 9.11. The van der Waals surface area contributed by atoms with Crippen LogP contribution in [-0.4, -0.2) is 32.5 Å². The largest absolute Gasteiger partial charge is 0.497 e. The van der Waals surface area contributed by atoms with E-state index in [0.717, 1.165) is 15.2 Å². The third kappa shape index (κ3) is 5.35. The molecular formula is C21H25N3O4S2. The van der Waals surface area contributed by atoms with Crippen LogP contribution in [0.1, 0.15) is 25.3 Å². The number of benzene rings is 2. The number of fused-ring (bicyclic) bond motifs is 1. The van der Waals surface area contributed by atoms with Crippen molar-refractivity contribution in [2.75, 3.05) is 12.4 Å². The molecule has 0 aliphatic heterocycles. The summed E-state index contributed by atoms with van der Waals surface area (Å²) in [6, 6.07) is 10.7. The number of ether oxygens (including phenoxy) is 1. The highest BCUT2D eigenvalue weighted by atomic mass is 32.2. The molecule has 7 nitrogen and oxygen atoms in total. The summed E-state index contributed by atoms with van der Waals surface area (Å²) in [5.74, 6) is 0.374. The lowest BCUT2D eigenvalue weighted by molar-refractivity contribution is -0.118. The number of rotatable bonds is 8. The van der Waals surface area contributed by atoms with Crippen molar-refractivity contribution < 1.29 is 17.9 Å². The van der Waals surface area contributed by atoms with Crippen LogP contribution in [0.25, 0.3) is 10.2 Å². The molecule has 9 heteroatoms. The quantitative estimate of drug-likeness (QED) is 0.545. The normalized spacial score (nSPS) is 12.8. The summed E-state index contributed by atoms with van der Waals surface area (Å²) < 4.78 is 34.5. The number of thiazole rings is 1. The maximum absolute atomic E-state index is 13.0. The second-order valence-corrected chi connectivity index (χ2v) is 10.3. The van der Waals surface area contributed by atoms with Crippen molar-refractivity contribution in [1.82, 2.24) is 9.71 Å². The van der Waals surface area contributed by atoms with Gasteiger partial charge in [-0.15, -0.1) is 11.3 Å². The molecule has 0 bridgehead atoms. The lowest BCUT2D eigenvalue weighted by atomic mass is 10.0. The minimum absolute atomic E-state index is 0.115. The first-order valence-corrected chi connectivity index (χ1v) is 11.8. The first-order chi connectivity index (χ1) is 14.2. The van der Waals surface area contributed by atoms with Gasteiger partial charge >= 0.3 is 0 Å². The van der Waals surface area contributed by atoms with Crippen molar-refractivity contribution in [2.45, 2.75) is 38.1 Å². The lowest BCUT2D eigenvalue weighted by Gasteiger charge is -2.20. The molecule has 30 heavy (non-hydrogen) atoms. The summed E-state index contributed by atoms with van der Waals surface area (Å²) in [4.78, 5) is 17.3. The van der Waals surface area contributed by atoms with E-state index in [2.05, 4.69) is 15.0 Å².